The largest absolute Gasteiger partial charge is 0.469 e. The van der Waals surface area contributed by atoms with Gasteiger partial charge in [-0.2, -0.15) is 0 Å². The molecule has 2 fully saturated rings. The minimum absolute atomic E-state index is 0.0606. The van der Waals surface area contributed by atoms with Gasteiger partial charge in [-0.15, -0.1) is 0 Å². The first-order valence-corrected chi connectivity index (χ1v) is 7.72. The summed E-state index contributed by atoms with van der Waals surface area (Å²) in [5.74, 6) is 0.871. The van der Waals surface area contributed by atoms with Gasteiger partial charge in [-0.25, -0.2) is 0 Å². The lowest BCUT2D eigenvalue weighted by Gasteiger charge is -2.34. The Labute approximate surface area is 125 Å². The van der Waals surface area contributed by atoms with Crippen molar-refractivity contribution < 1.29 is 18.7 Å². The van der Waals surface area contributed by atoms with E-state index in [9.17, 15) is 4.79 Å². The summed E-state index contributed by atoms with van der Waals surface area (Å²) >= 11 is 0. The van der Waals surface area contributed by atoms with Gasteiger partial charge < -0.3 is 19.2 Å². The van der Waals surface area contributed by atoms with Crippen LogP contribution < -0.4 is 5.32 Å². The molecule has 1 aliphatic carbocycles. The zero-order valence-electron chi connectivity index (χ0n) is 12.7. The molecule has 1 N–H and O–H groups in total. The predicted molar refractivity (Wildman–Crippen MR) is 77.0 cm³/mol. The predicted octanol–water partition coefficient (Wildman–Crippen LogP) is 2.64. The first-order chi connectivity index (χ1) is 10.1. The summed E-state index contributed by atoms with van der Waals surface area (Å²) in [6.45, 7) is 5.08. The van der Waals surface area contributed by atoms with Crippen molar-refractivity contribution in [3.05, 3.63) is 23.7 Å². The van der Waals surface area contributed by atoms with E-state index in [0.29, 0.717) is 24.5 Å². The molecule has 5 nitrogen and oxygen atoms in total. The van der Waals surface area contributed by atoms with Crippen molar-refractivity contribution in [1.29, 1.82) is 0 Å². The first-order valence-electron chi connectivity index (χ1n) is 7.72. The molecule has 1 amide bonds. The van der Waals surface area contributed by atoms with Crippen LogP contribution in [0.25, 0.3) is 0 Å². The van der Waals surface area contributed by atoms with Gasteiger partial charge >= 0.3 is 0 Å². The highest BCUT2D eigenvalue weighted by Crippen LogP contribution is 2.39. The fraction of sp³-hybridized carbons (Fsp3) is 0.688. The molecule has 1 atom stereocenters. The molecule has 0 bridgehead atoms. The number of ether oxygens (including phenoxy) is 2. The second-order valence-corrected chi connectivity index (χ2v) is 6.24. The Bertz CT molecular complexity index is 502. The maximum Gasteiger partial charge on any atom is 0.254 e. The Kier molecular flexibility index (Phi) is 4.04. The zero-order valence-corrected chi connectivity index (χ0v) is 12.7. The van der Waals surface area contributed by atoms with Crippen LogP contribution in [0.5, 0.6) is 0 Å². The molecule has 1 aromatic heterocycles. The monoisotopic (exact) mass is 293 g/mol. The Morgan fingerprint density at radius 1 is 1.43 bits per heavy atom. The van der Waals surface area contributed by atoms with Crippen molar-refractivity contribution in [2.45, 2.75) is 51.4 Å². The van der Waals surface area contributed by atoms with Crippen molar-refractivity contribution >= 4 is 5.91 Å². The van der Waals surface area contributed by atoms with E-state index >= 15 is 0 Å². The molecule has 1 aromatic rings. The highest BCUT2D eigenvalue weighted by atomic mass is 16.7. The van der Waals surface area contributed by atoms with Crippen LogP contribution in [0.3, 0.4) is 0 Å². The normalized spacial score (nSPS) is 32.5. The van der Waals surface area contributed by atoms with Crippen LogP contribution in [0.1, 0.15) is 48.7 Å². The molecule has 5 heteroatoms. The van der Waals surface area contributed by atoms with E-state index in [4.69, 9.17) is 13.9 Å². The van der Waals surface area contributed by atoms with Crippen LogP contribution in [-0.4, -0.2) is 30.9 Å². The molecular weight excluding hydrogens is 270 g/mol. The molecule has 116 valence electrons. The van der Waals surface area contributed by atoms with Crippen LogP contribution in [0, 0.1) is 12.8 Å². The Hall–Kier alpha value is -1.33. The highest BCUT2D eigenvalue weighted by Gasteiger charge is 2.43. The van der Waals surface area contributed by atoms with Gasteiger partial charge in [0.1, 0.15) is 11.9 Å². The fourth-order valence-electron chi connectivity index (χ4n) is 3.10. The molecule has 21 heavy (non-hydrogen) atoms. The number of amides is 1. The van der Waals surface area contributed by atoms with Crippen LogP contribution in [0.2, 0.25) is 0 Å². The van der Waals surface area contributed by atoms with Gasteiger partial charge in [0.05, 0.1) is 18.4 Å². The number of hydrogen-bond acceptors (Lipinski definition) is 4. The Morgan fingerprint density at radius 2 is 2.19 bits per heavy atom. The SMILES string of the molecule is Cc1occc1C(=O)NC[C@@H]1COC2(CCC(C)CC2)O1. The molecule has 3 rings (SSSR count). The number of nitrogens with one attached hydrogen (secondary N) is 1. The molecule has 1 aliphatic heterocycles. The molecule has 0 aromatic carbocycles. The summed E-state index contributed by atoms with van der Waals surface area (Å²) in [4.78, 5) is 12.0. The van der Waals surface area contributed by atoms with Crippen molar-refractivity contribution in [3.63, 3.8) is 0 Å². The standard InChI is InChI=1S/C16H23NO4/c1-11-3-6-16(7-4-11)20-10-13(21-16)9-17-15(18)14-5-8-19-12(14)2/h5,8,11,13H,3-4,6-7,9-10H2,1-2H3,(H,17,18)/t11?,13-,16?/m1/s1. The van der Waals surface area contributed by atoms with Gasteiger partial charge in [0.25, 0.3) is 5.91 Å². The quantitative estimate of drug-likeness (QED) is 0.930. The molecule has 2 aliphatic rings. The summed E-state index contributed by atoms with van der Waals surface area (Å²) in [6.07, 6.45) is 5.67. The lowest BCUT2D eigenvalue weighted by atomic mass is 9.86. The Morgan fingerprint density at radius 3 is 2.86 bits per heavy atom. The Balaban J connectivity index is 1.49. The molecule has 0 radical (unpaired) electrons. The number of hydrogen-bond donors (Lipinski definition) is 1. The lowest BCUT2D eigenvalue weighted by Crippen LogP contribution is -2.38. The summed E-state index contributed by atoms with van der Waals surface area (Å²) < 4.78 is 17.1. The summed E-state index contributed by atoms with van der Waals surface area (Å²) in [6, 6.07) is 1.68. The molecule has 1 saturated carbocycles. The average Bonchev–Trinajstić information content (AvgIpc) is 3.07. The van der Waals surface area contributed by atoms with E-state index in [1.54, 1.807) is 13.0 Å². The van der Waals surface area contributed by atoms with E-state index < -0.39 is 5.79 Å². The number of rotatable bonds is 3. The van der Waals surface area contributed by atoms with E-state index in [1.807, 2.05) is 0 Å². The van der Waals surface area contributed by atoms with Gasteiger partial charge in [0.15, 0.2) is 5.79 Å². The van der Waals surface area contributed by atoms with Gasteiger partial charge in [-0.1, -0.05) is 6.92 Å². The second kappa shape index (κ2) is 5.81. The fourth-order valence-corrected chi connectivity index (χ4v) is 3.10. The zero-order chi connectivity index (χ0) is 14.9. The molecular formula is C16H23NO4. The highest BCUT2D eigenvalue weighted by molar-refractivity contribution is 5.95. The van der Waals surface area contributed by atoms with E-state index in [-0.39, 0.29) is 12.0 Å². The first kappa shape index (κ1) is 14.6. The smallest absolute Gasteiger partial charge is 0.254 e. The lowest BCUT2D eigenvalue weighted by molar-refractivity contribution is -0.191. The van der Waals surface area contributed by atoms with Crippen LogP contribution in [0.15, 0.2) is 16.7 Å². The number of aryl methyl sites for hydroxylation is 1. The minimum atomic E-state index is -0.395. The third-order valence-electron chi connectivity index (χ3n) is 4.54. The molecule has 0 unspecified atom stereocenters. The number of carbonyl (C=O) groups is 1. The van der Waals surface area contributed by atoms with Gasteiger partial charge in [0, 0.05) is 19.4 Å². The van der Waals surface area contributed by atoms with Crippen LogP contribution in [0.4, 0.5) is 0 Å². The van der Waals surface area contributed by atoms with E-state index in [2.05, 4.69) is 12.2 Å². The summed E-state index contributed by atoms with van der Waals surface area (Å²) in [7, 11) is 0. The number of carbonyl (C=O) groups excluding carboxylic acids is 1. The second-order valence-electron chi connectivity index (χ2n) is 6.24. The third-order valence-corrected chi connectivity index (χ3v) is 4.54. The third kappa shape index (κ3) is 3.14. The molecule has 1 spiro atoms. The van der Waals surface area contributed by atoms with Crippen molar-refractivity contribution in [3.8, 4) is 0 Å². The number of furan rings is 1. The summed E-state index contributed by atoms with van der Waals surface area (Å²) in [5.41, 5.74) is 0.579. The van der Waals surface area contributed by atoms with Crippen molar-refractivity contribution in [2.24, 2.45) is 5.92 Å². The van der Waals surface area contributed by atoms with Crippen molar-refractivity contribution in [1.82, 2.24) is 5.32 Å². The maximum atomic E-state index is 12.0. The van der Waals surface area contributed by atoms with Gasteiger partial charge in [-0.3, -0.25) is 4.79 Å². The van der Waals surface area contributed by atoms with Gasteiger partial charge in [-0.05, 0) is 31.7 Å². The molecule has 2 heterocycles. The molecule has 1 saturated heterocycles. The average molecular weight is 293 g/mol. The van der Waals surface area contributed by atoms with Crippen LogP contribution >= 0.6 is 0 Å². The van der Waals surface area contributed by atoms with Crippen molar-refractivity contribution in [2.75, 3.05) is 13.2 Å². The van der Waals surface area contributed by atoms with E-state index in [0.717, 1.165) is 31.6 Å². The minimum Gasteiger partial charge on any atom is -0.469 e. The summed E-state index contributed by atoms with van der Waals surface area (Å²) in [5, 5.41) is 2.89. The van der Waals surface area contributed by atoms with Gasteiger partial charge in [0.2, 0.25) is 0 Å². The maximum absolute atomic E-state index is 12.0. The van der Waals surface area contributed by atoms with E-state index in [1.165, 1.54) is 6.26 Å². The van der Waals surface area contributed by atoms with Crippen LogP contribution in [-0.2, 0) is 9.47 Å². The topological polar surface area (TPSA) is 60.7 Å².